The average Bonchev–Trinajstić information content (AvgIpc) is 2.72. The summed E-state index contributed by atoms with van der Waals surface area (Å²) in [5, 5.41) is 0. The Morgan fingerprint density at radius 1 is 1.65 bits per heavy atom. The molecule has 0 saturated carbocycles. The zero-order valence-corrected chi connectivity index (χ0v) is 12.0. The van der Waals surface area contributed by atoms with Crippen LogP contribution in [0.25, 0.3) is 0 Å². The third-order valence-electron chi connectivity index (χ3n) is 2.29. The fourth-order valence-corrected chi connectivity index (χ4v) is 2.63. The summed E-state index contributed by atoms with van der Waals surface area (Å²) in [6.45, 7) is 6.57. The molecule has 1 aromatic heterocycles. The van der Waals surface area contributed by atoms with Crippen molar-refractivity contribution in [1.29, 1.82) is 0 Å². The zero-order valence-electron chi connectivity index (χ0n) is 9.66. The lowest BCUT2D eigenvalue weighted by Gasteiger charge is -2.23. The third kappa shape index (κ3) is 4.34. The molecule has 1 amide bonds. The van der Waals surface area contributed by atoms with Crippen LogP contribution in [0.2, 0.25) is 4.34 Å². The molecule has 0 aliphatic carbocycles. The zero-order chi connectivity index (χ0) is 12.8. The van der Waals surface area contributed by atoms with Crippen LogP contribution in [0.15, 0.2) is 24.8 Å². The number of hydrogen-bond donors (Lipinski definition) is 0. The minimum atomic E-state index is -0.174. The van der Waals surface area contributed by atoms with E-state index in [-0.39, 0.29) is 11.8 Å². The molecule has 2 nitrogen and oxygen atoms in total. The van der Waals surface area contributed by atoms with Gasteiger partial charge in [-0.2, -0.15) is 0 Å². The van der Waals surface area contributed by atoms with Crippen LogP contribution in [0.1, 0.15) is 11.8 Å². The maximum absolute atomic E-state index is 12.0. The van der Waals surface area contributed by atoms with Gasteiger partial charge in [0, 0.05) is 23.2 Å². The number of thiophene rings is 1. The van der Waals surface area contributed by atoms with E-state index in [9.17, 15) is 4.79 Å². The summed E-state index contributed by atoms with van der Waals surface area (Å²) < 4.78 is 0.733. The number of carbonyl (C=O) groups excluding carboxylic acids is 1. The Morgan fingerprint density at radius 2 is 2.35 bits per heavy atom. The Labute approximate surface area is 116 Å². The summed E-state index contributed by atoms with van der Waals surface area (Å²) in [7, 11) is 0. The molecule has 1 atom stereocenters. The minimum Gasteiger partial charge on any atom is -0.334 e. The highest BCUT2D eigenvalue weighted by Gasteiger charge is 2.19. The van der Waals surface area contributed by atoms with E-state index in [2.05, 4.69) is 6.58 Å². The topological polar surface area (TPSA) is 20.3 Å². The molecule has 17 heavy (non-hydrogen) atoms. The number of rotatable bonds is 6. The second kappa shape index (κ2) is 7.04. The van der Waals surface area contributed by atoms with Crippen molar-refractivity contribution in [3.63, 3.8) is 0 Å². The van der Waals surface area contributed by atoms with Gasteiger partial charge in [0.05, 0.1) is 10.9 Å². The highest BCUT2D eigenvalue weighted by atomic mass is 35.5. The first-order valence-electron chi connectivity index (χ1n) is 5.28. The summed E-state index contributed by atoms with van der Waals surface area (Å²) in [6, 6.07) is 3.77. The molecular weight excluding hydrogens is 277 g/mol. The van der Waals surface area contributed by atoms with Crippen molar-refractivity contribution in [2.75, 3.05) is 12.4 Å². The van der Waals surface area contributed by atoms with Gasteiger partial charge >= 0.3 is 0 Å². The van der Waals surface area contributed by atoms with Crippen LogP contribution in [-0.2, 0) is 11.3 Å². The molecule has 1 aromatic rings. The van der Waals surface area contributed by atoms with Gasteiger partial charge in [0.15, 0.2) is 0 Å². The quantitative estimate of drug-likeness (QED) is 0.577. The molecule has 1 rings (SSSR count). The van der Waals surface area contributed by atoms with Gasteiger partial charge in [-0.25, -0.2) is 0 Å². The molecule has 0 saturated heterocycles. The van der Waals surface area contributed by atoms with Crippen LogP contribution in [0.5, 0.6) is 0 Å². The second-order valence-corrected chi connectivity index (χ2v) is 5.88. The molecule has 94 valence electrons. The number of halogens is 2. The van der Waals surface area contributed by atoms with Crippen LogP contribution < -0.4 is 0 Å². The van der Waals surface area contributed by atoms with E-state index in [4.69, 9.17) is 23.2 Å². The van der Waals surface area contributed by atoms with Crippen LogP contribution in [0.3, 0.4) is 0 Å². The molecule has 5 heteroatoms. The van der Waals surface area contributed by atoms with Crippen molar-refractivity contribution in [1.82, 2.24) is 4.90 Å². The highest BCUT2D eigenvalue weighted by Crippen LogP contribution is 2.23. The average molecular weight is 292 g/mol. The molecule has 0 aromatic carbocycles. The molecule has 0 spiro atoms. The van der Waals surface area contributed by atoms with Crippen LogP contribution >= 0.6 is 34.5 Å². The van der Waals surface area contributed by atoms with Crippen LogP contribution in [-0.4, -0.2) is 23.2 Å². The van der Waals surface area contributed by atoms with Crippen molar-refractivity contribution < 1.29 is 4.79 Å². The van der Waals surface area contributed by atoms with Crippen LogP contribution in [0.4, 0.5) is 0 Å². The summed E-state index contributed by atoms with van der Waals surface area (Å²) in [4.78, 5) is 14.8. The molecule has 0 N–H and O–H groups in total. The predicted octanol–water partition coefficient (Wildman–Crippen LogP) is 3.79. The lowest BCUT2D eigenvalue weighted by molar-refractivity contribution is -0.134. The molecule has 0 aliphatic rings. The number of carbonyl (C=O) groups is 1. The van der Waals surface area contributed by atoms with E-state index >= 15 is 0 Å². The Balaban J connectivity index is 2.72. The van der Waals surface area contributed by atoms with Crippen molar-refractivity contribution in [3.05, 3.63) is 34.0 Å². The Hall–Kier alpha value is -0.510. The molecular formula is C12H15Cl2NOS. The largest absolute Gasteiger partial charge is 0.334 e. The van der Waals surface area contributed by atoms with Crippen molar-refractivity contribution in [2.24, 2.45) is 5.92 Å². The number of hydrogen-bond acceptors (Lipinski definition) is 2. The highest BCUT2D eigenvalue weighted by molar-refractivity contribution is 7.16. The maximum Gasteiger partial charge on any atom is 0.227 e. The number of alkyl halides is 1. The fourth-order valence-electron chi connectivity index (χ4n) is 1.39. The summed E-state index contributed by atoms with van der Waals surface area (Å²) in [5.74, 6) is 0.203. The van der Waals surface area contributed by atoms with Crippen molar-refractivity contribution in [3.8, 4) is 0 Å². The van der Waals surface area contributed by atoms with Gasteiger partial charge in [0.25, 0.3) is 0 Å². The summed E-state index contributed by atoms with van der Waals surface area (Å²) >= 11 is 13.1. The standard InChI is InChI=1S/C12H15Cl2NOS/c1-3-6-15(12(16)9(2)7-13)8-10-4-5-11(14)17-10/h3-5,9H,1,6-8H2,2H3. The maximum atomic E-state index is 12.0. The second-order valence-electron chi connectivity index (χ2n) is 3.77. The summed E-state index contributed by atoms with van der Waals surface area (Å²) in [6.07, 6.45) is 1.72. The first-order valence-corrected chi connectivity index (χ1v) is 7.01. The van der Waals surface area contributed by atoms with E-state index in [0.717, 1.165) is 9.21 Å². The normalized spacial score (nSPS) is 12.2. The van der Waals surface area contributed by atoms with Gasteiger partial charge in [-0.15, -0.1) is 29.5 Å². The van der Waals surface area contributed by atoms with Gasteiger partial charge in [-0.1, -0.05) is 24.6 Å². The van der Waals surface area contributed by atoms with E-state index in [0.29, 0.717) is 19.0 Å². The van der Waals surface area contributed by atoms with Gasteiger partial charge in [-0.3, -0.25) is 4.79 Å². The van der Waals surface area contributed by atoms with Gasteiger partial charge in [0.2, 0.25) is 5.91 Å². The first-order chi connectivity index (χ1) is 8.08. The number of amides is 1. The lowest BCUT2D eigenvalue weighted by Crippen LogP contribution is -2.35. The third-order valence-corrected chi connectivity index (χ3v) is 3.97. The van der Waals surface area contributed by atoms with E-state index in [1.54, 1.807) is 11.0 Å². The molecule has 0 bridgehead atoms. The van der Waals surface area contributed by atoms with E-state index in [1.807, 2.05) is 19.1 Å². The Bertz CT molecular complexity index is 392. The monoisotopic (exact) mass is 291 g/mol. The van der Waals surface area contributed by atoms with Crippen LogP contribution in [0, 0.1) is 5.92 Å². The van der Waals surface area contributed by atoms with Gasteiger partial charge in [-0.05, 0) is 12.1 Å². The van der Waals surface area contributed by atoms with Crippen molar-refractivity contribution >= 4 is 40.4 Å². The molecule has 1 unspecified atom stereocenters. The first kappa shape index (κ1) is 14.6. The molecule has 1 heterocycles. The number of nitrogens with zero attached hydrogens (tertiary/aromatic N) is 1. The predicted molar refractivity (Wildman–Crippen MR) is 74.8 cm³/mol. The Kier molecular flexibility index (Phi) is 6.03. The SMILES string of the molecule is C=CCN(Cc1ccc(Cl)s1)C(=O)C(C)CCl. The lowest BCUT2D eigenvalue weighted by atomic mass is 10.2. The van der Waals surface area contributed by atoms with E-state index < -0.39 is 0 Å². The molecule has 0 fully saturated rings. The fraction of sp³-hybridized carbons (Fsp3) is 0.417. The molecule has 0 radical (unpaired) electrons. The van der Waals surface area contributed by atoms with Gasteiger partial charge in [0.1, 0.15) is 0 Å². The van der Waals surface area contributed by atoms with E-state index in [1.165, 1.54) is 11.3 Å². The smallest absolute Gasteiger partial charge is 0.227 e. The molecule has 0 aliphatic heterocycles. The summed E-state index contributed by atoms with van der Waals surface area (Å²) in [5.41, 5.74) is 0. The minimum absolute atomic E-state index is 0.0458. The van der Waals surface area contributed by atoms with Gasteiger partial charge < -0.3 is 4.90 Å². The van der Waals surface area contributed by atoms with Crippen molar-refractivity contribution in [2.45, 2.75) is 13.5 Å². The Morgan fingerprint density at radius 3 is 2.82 bits per heavy atom.